The van der Waals surface area contributed by atoms with E-state index in [1.807, 2.05) is 0 Å². The van der Waals surface area contributed by atoms with Gasteiger partial charge in [-0.3, -0.25) is 0 Å². The fourth-order valence-electron chi connectivity index (χ4n) is 3.67. The van der Waals surface area contributed by atoms with Crippen molar-refractivity contribution in [2.24, 2.45) is 0 Å². The molecule has 0 spiro atoms. The summed E-state index contributed by atoms with van der Waals surface area (Å²) in [7, 11) is 0. The summed E-state index contributed by atoms with van der Waals surface area (Å²) in [5.41, 5.74) is 0. The van der Waals surface area contributed by atoms with Gasteiger partial charge in [-0.15, -0.1) is 0 Å². The number of hydrogen-bond donors (Lipinski definition) is 0. The van der Waals surface area contributed by atoms with E-state index in [0.717, 1.165) is 3.92 Å². The highest BCUT2D eigenvalue weighted by Crippen LogP contribution is 2.20. The second-order valence-corrected chi connectivity index (χ2v) is 9.95. The van der Waals surface area contributed by atoms with Crippen LogP contribution < -0.4 is 0 Å². The van der Waals surface area contributed by atoms with Gasteiger partial charge in [0.25, 0.3) is 0 Å². The predicted molar refractivity (Wildman–Crippen MR) is 126 cm³/mol. The third-order valence-electron chi connectivity index (χ3n) is 5.49. The molecule has 0 aromatic carbocycles. The summed E-state index contributed by atoms with van der Waals surface area (Å²) >= 11 is 2.71. The van der Waals surface area contributed by atoms with Crippen LogP contribution in [0.25, 0.3) is 0 Å². The van der Waals surface area contributed by atoms with Crippen LogP contribution >= 0.6 is 22.6 Å². The van der Waals surface area contributed by atoms with Crippen LogP contribution in [0.2, 0.25) is 0 Å². The van der Waals surface area contributed by atoms with Crippen molar-refractivity contribution in [3.8, 4) is 0 Å². The van der Waals surface area contributed by atoms with Crippen molar-refractivity contribution in [2.75, 3.05) is 0 Å². The molecule has 0 saturated heterocycles. The van der Waals surface area contributed by atoms with E-state index in [4.69, 9.17) is 0 Å². The Morgan fingerprint density at radius 2 is 0.640 bits per heavy atom. The molecule has 0 aliphatic heterocycles. The fourth-order valence-corrected chi connectivity index (χ4v) is 4.55. The summed E-state index contributed by atoms with van der Waals surface area (Å²) in [5.74, 6) is 0. The second-order valence-electron chi connectivity index (χ2n) is 8.19. The maximum absolute atomic E-state index is 2.71. The molecule has 0 aromatic rings. The molecule has 0 fully saturated rings. The Kier molecular flexibility index (Phi) is 23.4. The molecule has 0 heterocycles. The number of alkyl halides is 1. The Bertz CT molecular complexity index is 226. The molecule has 0 radical (unpaired) electrons. The first-order valence-corrected chi connectivity index (χ1v) is 13.2. The molecule has 1 atom stereocenters. The van der Waals surface area contributed by atoms with E-state index in [0.29, 0.717) is 0 Å². The second kappa shape index (κ2) is 22.8. The van der Waals surface area contributed by atoms with E-state index in [9.17, 15) is 0 Å². The number of halogens is 1. The van der Waals surface area contributed by atoms with Gasteiger partial charge in [0.15, 0.2) is 0 Å². The Morgan fingerprint density at radius 1 is 0.400 bits per heavy atom. The Hall–Kier alpha value is 0.730. The number of rotatable bonds is 21. The molecule has 0 N–H and O–H groups in total. The summed E-state index contributed by atoms with van der Waals surface area (Å²) in [5, 5.41) is 0. The SMILES string of the molecule is CCCCCCCCCCCCCC(I)CCCCCCCCCC. The lowest BCUT2D eigenvalue weighted by atomic mass is 10.0. The van der Waals surface area contributed by atoms with Gasteiger partial charge in [0.05, 0.1) is 0 Å². The monoisotopic (exact) mass is 464 g/mol. The Balaban J connectivity index is 3.11. The van der Waals surface area contributed by atoms with Crippen LogP contribution in [-0.2, 0) is 0 Å². The van der Waals surface area contributed by atoms with Crippen molar-refractivity contribution in [3.05, 3.63) is 0 Å². The highest BCUT2D eigenvalue weighted by atomic mass is 127. The molecule has 0 aliphatic rings. The van der Waals surface area contributed by atoms with E-state index in [1.54, 1.807) is 0 Å². The van der Waals surface area contributed by atoms with Crippen molar-refractivity contribution in [1.82, 2.24) is 0 Å². The van der Waals surface area contributed by atoms with Crippen LogP contribution in [0.5, 0.6) is 0 Å². The minimum atomic E-state index is 0.941. The lowest BCUT2D eigenvalue weighted by molar-refractivity contribution is 0.529. The maximum atomic E-state index is 2.71. The normalized spacial score (nSPS) is 12.6. The molecule has 1 unspecified atom stereocenters. The highest BCUT2D eigenvalue weighted by Gasteiger charge is 2.03. The van der Waals surface area contributed by atoms with E-state index in [-0.39, 0.29) is 0 Å². The van der Waals surface area contributed by atoms with Gasteiger partial charge in [-0.2, -0.15) is 0 Å². The van der Waals surface area contributed by atoms with Gasteiger partial charge in [-0.25, -0.2) is 0 Å². The molecule has 0 saturated carbocycles. The van der Waals surface area contributed by atoms with Gasteiger partial charge >= 0.3 is 0 Å². The molecule has 0 rings (SSSR count). The van der Waals surface area contributed by atoms with Crippen molar-refractivity contribution < 1.29 is 0 Å². The Morgan fingerprint density at radius 3 is 0.920 bits per heavy atom. The minimum absolute atomic E-state index is 0.941. The van der Waals surface area contributed by atoms with Crippen LogP contribution in [0.15, 0.2) is 0 Å². The molecule has 0 aromatic heterocycles. The van der Waals surface area contributed by atoms with Gasteiger partial charge < -0.3 is 0 Å². The quantitative estimate of drug-likeness (QED) is 0.0900. The van der Waals surface area contributed by atoms with Gasteiger partial charge in [0.2, 0.25) is 0 Å². The third-order valence-corrected chi connectivity index (χ3v) is 6.74. The molecule has 0 bridgehead atoms. The molecule has 0 amide bonds. The standard InChI is InChI=1S/C24H49I/c1-3-5-7-9-11-13-14-15-17-19-21-23-24(25)22-20-18-16-12-10-8-6-4-2/h24H,3-23H2,1-2H3. The fraction of sp³-hybridized carbons (Fsp3) is 1.00. The van der Waals surface area contributed by atoms with E-state index in [2.05, 4.69) is 36.4 Å². The molecule has 0 aliphatic carbocycles. The van der Waals surface area contributed by atoms with Gasteiger partial charge in [-0.05, 0) is 12.8 Å². The average molecular weight is 465 g/mol. The van der Waals surface area contributed by atoms with Gasteiger partial charge in [0.1, 0.15) is 0 Å². The first kappa shape index (κ1) is 25.7. The lowest BCUT2D eigenvalue weighted by Gasteiger charge is -2.09. The highest BCUT2D eigenvalue weighted by molar-refractivity contribution is 14.1. The van der Waals surface area contributed by atoms with Crippen molar-refractivity contribution >= 4 is 22.6 Å². The molecular weight excluding hydrogens is 415 g/mol. The lowest BCUT2D eigenvalue weighted by Crippen LogP contribution is -1.97. The summed E-state index contributed by atoms with van der Waals surface area (Å²) in [4.78, 5) is 0. The largest absolute Gasteiger partial charge is 0.0826 e. The third kappa shape index (κ3) is 22.7. The maximum Gasteiger partial charge on any atom is 0.0110 e. The van der Waals surface area contributed by atoms with Crippen molar-refractivity contribution in [2.45, 2.75) is 153 Å². The van der Waals surface area contributed by atoms with Crippen molar-refractivity contribution in [3.63, 3.8) is 0 Å². The van der Waals surface area contributed by atoms with Crippen LogP contribution in [-0.4, -0.2) is 3.92 Å². The molecule has 0 nitrogen and oxygen atoms in total. The number of unbranched alkanes of at least 4 members (excludes halogenated alkanes) is 17. The van der Waals surface area contributed by atoms with Crippen LogP contribution in [0, 0.1) is 0 Å². The summed E-state index contributed by atoms with van der Waals surface area (Å²) in [6.07, 6.45) is 30.7. The zero-order valence-electron chi connectivity index (χ0n) is 17.8. The molecular formula is C24H49I. The van der Waals surface area contributed by atoms with E-state index >= 15 is 0 Å². The molecule has 25 heavy (non-hydrogen) atoms. The smallest absolute Gasteiger partial charge is 0.0110 e. The summed E-state index contributed by atoms with van der Waals surface area (Å²) in [6.45, 7) is 4.60. The minimum Gasteiger partial charge on any atom is -0.0826 e. The topological polar surface area (TPSA) is 0 Å². The molecule has 152 valence electrons. The summed E-state index contributed by atoms with van der Waals surface area (Å²) in [6, 6.07) is 0. The zero-order valence-corrected chi connectivity index (χ0v) is 20.0. The van der Waals surface area contributed by atoms with Gasteiger partial charge in [-0.1, -0.05) is 158 Å². The summed E-state index contributed by atoms with van der Waals surface area (Å²) < 4.78 is 0.941. The van der Waals surface area contributed by atoms with Crippen LogP contribution in [0.4, 0.5) is 0 Å². The van der Waals surface area contributed by atoms with Crippen LogP contribution in [0.3, 0.4) is 0 Å². The van der Waals surface area contributed by atoms with Crippen molar-refractivity contribution in [1.29, 1.82) is 0 Å². The molecule has 1 heteroatoms. The average Bonchev–Trinajstić information content (AvgIpc) is 2.62. The first-order valence-electron chi connectivity index (χ1n) is 11.9. The van der Waals surface area contributed by atoms with E-state index in [1.165, 1.54) is 135 Å². The Labute approximate surface area is 174 Å². The van der Waals surface area contributed by atoms with E-state index < -0.39 is 0 Å². The number of hydrogen-bond acceptors (Lipinski definition) is 0. The van der Waals surface area contributed by atoms with Crippen LogP contribution in [0.1, 0.15) is 149 Å². The van der Waals surface area contributed by atoms with Gasteiger partial charge in [0, 0.05) is 3.92 Å². The zero-order chi connectivity index (χ0) is 18.4. The first-order chi connectivity index (χ1) is 12.3. The predicted octanol–water partition coefficient (Wildman–Crippen LogP) is 10.0.